The van der Waals surface area contributed by atoms with Gasteiger partial charge in [0.05, 0.1) is 5.01 Å². The van der Waals surface area contributed by atoms with E-state index in [4.69, 9.17) is 4.74 Å². The molecule has 0 saturated carbocycles. The molecular formula is C14H22N2O3S. The average Bonchev–Trinajstić information content (AvgIpc) is 2.96. The van der Waals surface area contributed by atoms with E-state index in [-0.39, 0.29) is 5.41 Å². The normalized spacial score (nSPS) is 24.2. The van der Waals surface area contributed by atoms with Gasteiger partial charge in [-0.05, 0) is 0 Å². The highest BCUT2D eigenvalue weighted by Gasteiger charge is 2.45. The molecule has 1 fully saturated rings. The summed E-state index contributed by atoms with van der Waals surface area (Å²) in [5.74, 6) is -0.873. The van der Waals surface area contributed by atoms with Crippen molar-refractivity contribution in [3.05, 3.63) is 16.1 Å². The van der Waals surface area contributed by atoms with Crippen LogP contribution in [-0.2, 0) is 21.5 Å². The van der Waals surface area contributed by atoms with E-state index in [9.17, 15) is 9.90 Å². The van der Waals surface area contributed by atoms with Crippen molar-refractivity contribution in [3.63, 3.8) is 0 Å². The molecule has 1 saturated heterocycles. The largest absolute Gasteiger partial charge is 0.479 e. The standard InChI is InChI=1S/C14H22N2O3S/c1-13(2,3)11-15-7-10(20-11)8-16-6-5-14(9-16,19-4)12(17)18/h7H,5-6,8-9H2,1-4H3,(H,17,18). The first-order chi connectivity index (χ1) is 9.27. The Hall–Kier alpha value is -0.980. The zero-order valence-electron chi connectivity index (χ0n) is 12.5. The third-order valence-corrected chi connectivity index (χ3v) is 5.07. The van der Waals surface area contributed by atoms with Gasteiger partial charge in [-0.2, -0.15) is 0 Å². The van der Waals surface area contributed by atoms with Gasteiger partial charge < -0.3 is 9.84 Å². The topological polar surface area (TPSA) is 62.7 Å². The molecule has 0 spiro atoms. The molecule has 1 unspecified atom stereocenters. The van der Waals surface area contributed by atoms with E-state index in [1.54, 1.807) is 11.3 Å². The zero-order valence-corrected chi connectivity index (χ0v) is 13.3. The summed E-state index contributed by atoms with van der Waals surface area (Å²) < 4.78 is 5.23. The molecule has 0 amide bonds. The highest BCUT2D eigenvalue weighted by atomic mass is 32.1. The fourth-order valence-electron chi connectivity index (χ4n) is 2.37. The van der Waals surface area contributed by atoms with Crippen LogP contribution in [0.2, 0.25) is 0 Å². The molecule has 1 aromatic rings. The number of likely N-dealkylation sites (tertiary alicyclic amines) is 1. The summed E-state index contributed by atoms with van der Waals surface area (Å²) in [6.07, 6.45) is 2.43. The summed E-state index contributed by atoms with van der Waals surface area (Å²) >= 11 is 1.70. The van der Waals surface area contributed by atoms with Crippen molar-refractivity contribution in [1.82, 2.24) is 9.88 Å². The van der Waals surface area contributed by atoms with Gasteiger partial charge >= 0.3 is 5.97 Å². The fourth-order valence-corrected chi connectivity index (χ4v) is 3.38. The van der Waals surface area contributed by atoms with Crippen LogP contribution in [0.3, 0.4) is 0 Å². The summed E-state index contributed by atoms with van der Waals surface area (Å²) in [5, 5.41) is 10.4. The monoisotopic (exact) mass is 298 g/mol. The van der Waals surface area contributed by atoms with Crippen molar-refractivity contribution < 1.29 is 14.6 Å². The Morgan fingerprint density at radius 2 is 2.30 bits per heavy atom. The minimum Gasteiger partial charge on any atom is -0.479 e. The predicted molar refractivity (Wildman–Crippen MR) is 78.1 cm³/mol. The van der Waals surface area contributed by atoms with Gasteiger partial charge in [-0.1, -0.05) is 20.8 Å². The molecule has 0 aromatic carbocycles. The third kappa shape index (κ3) is 3.02. The molecule has 1 aromatic heterocycles. The number of rotatable bonds is 4. The molecule has 6 heteroatoms. The first-order valence-corrected chi connectivity index (χ1v) is 7.54. The number of ether oxygens (including phenoxy) is 1. The smallest absolute Gasteiger partial charge is 0.337 e. The number of aliphatic carboxylic acids is 1. The summed E-state index contributed by atoms with van der Waals surface area (Å²) in [5.41, 5.74) is -0.983. The molecule has 5 nitrogen and oxygen atoms in total. The van der Waals surface area contributed by atoms with Crippen molar-refractivity contribution in [2.45, 2.75) is 44.8 Å². The number of nitrogens with zero attached hydrogens (tertiary/aromatic N) is 2. The van der Waals surface area contributed by atoms with E-state index in [2.05, 4.69) is 30.7 Å². The van der Waals surface area contributed by atoms with Crippen LogP contribution in [0.1, 0.15) is 37.1 Å². The van der Waals surface area contributed by atoms with Gasteiger partial charge in [-0.15, -0.1) is 11.3 Å². The Morgan fingerprint density at radius 1 is 1.60 bits per heavy atom. The van der Waals surface area contributed by atoms with Gasteiger partial charge in [0.15, 0.2) is 5.60 Å². The van der Waals surface area contributed by atoms with Crippen LogP contribution < -0.4 is 0 Å². The number of hydrogen-bond donors (Lipinski definition) is 1. The van der Waals surface area contributed by atoms with Gasteiger partial charge in [0.25, 0.3) is 0 Å². The number of carboxylic acid groups (broad SMARTS) is 1. The van der Waals surface area contributed by atoms with E-state index in [1.807, 2.05) is 6.20 Å². The Balaban J connectivity index is 2.02. The summed E-state index contributed by atoms with van der Waals surface area (Å²) in [7, 11) is 1.47. The van der Waals surface area contributed by atoms with E-state index < -0.39 is 11.6 Å². The van der Waals surface area contributed by atoms with E-state index in [0.29, 0.717) is 13.0 Å². The molecule has 1 aliphatic heterocycles. The Labute approximate surface area is 123 Å². The molecule has 112 valence electrons. The summed E-state index contributed by atoms with van der Waals surface area (Å²) in [6.45, 7) is 8.35. The fraction of sp³-hybridized carbons (Fsp3) is 0.714. The second kappa shape index (κ2) is 5.42. The molecule has 2 heterocycles. The highest BCUT2D eigenvalue weighted by Crippen LogP contribution is 2.30. The lowest BCUT2D eigenvalue weighted by atomic mass is 9.98. The molecule has 0 aliphatic carbocycles. The lowest BCUT2D eigenvalue weighted by molar-refractivity contribution is -0.160. The number of carbonyl (C=O) groups is 1. The SMILES string of the molecule is COC1(C(=O)O)CCN(Cc2cnc(C(C)(C)C)s2)C1. The molecule has 1 aliphatic rings. The van der Waals surface area contributed by atoms with E-state index in [1.165, 1.54) is 12.0 Å². The number of methoxy groups -OCH3 is 1. The summed E-state index contributed by atoms with van der Waals surface area (Å²) in [6, 6.07) is 0. The van der Waals surface area contributed by atoms with Crippen LogP contribution in [0.5, 0.6) is 0 Å². The van der Waals surface area contributed by atoms with Crippen LogP contribution in [-0.4, -0.2) is 46.8 Å². The van der Waals surface area contributed by atoms with Crippen molar-refractivity contribution in [1.29, 1.82) is 0 Å². The third-order valence-electron chi connectivity index (χ3n) is 3.67. The zero-order chi connectivity index (χ0) is 15.0. The predicted octanol–water partition coefficient (Wildman–Crippen LogP) is 2.12. The van der Waals surface area contributed by atoms with Gasteiger partial charge in [-0.25, -0.2) is 9.78 Å². The first-order valence-electron chi connectivity index (χ1n) is 6.73. The van der Waals surface area contributed by atoms with E-state index in [0.717, 1.165) is 18.1 Å². The second-order valence-electron chi connectivity index (χ2n) is 6.35. The average molecular weight is 298 g/mol. The second-order valence-corrected chi connectivity index (χ2v) is 7.46. The van der Waals surface area contributed by atoms with Crippen molar-refractivity contribution in [2.75, 3.05) is 20.2 Å². The highest BCUT2D eigenvalue weighted by molar-refractivity contribution is 7.11. The van der Waals surface area contributed by atoms with Crippen LogP contribution in [0.15, 0.2) is 6.20 Å². The maximum Gasteiger partial charge on any atom is 0.337 e. The summed E-state index contributed by atoms with van der Waals surface area (Å²) in [4.78, 5) is 19.1. The minimum atomic E-state index is -1.04. The lowest BCUT2D eigenvalue weighted by Crippen LogP contribution is -2.43. The number of thiazole rings is 1. The van der Waals surface area contributed by atoms with Crippen molar-refractivity contribution in [3.8, 4) is 0 Å². The van der Waals surface area contributed by atoms with Crippen molar-refractivity contribution in [2.24, 2.45) is 0 Å². The molecule has 1 N–H and O–H groups in total. The molecule has 0 radical (unpaired) electrons. The van der Waals surface area contributed by atoms with E-state index >= 15 is 0 Å². The van der Waals surface area contributed by atoms with Crippen LogP contribution in [0.25, 0.3) is 0 Å². The molecule has 0 bridgehead atoms. The Bertz CT molecular complexity index is 495. The van der Waals surface area contributed by atoms with Gasteiger partial charge in [0.1, 0.15) is 0 Å². The Kier molecular flexibility index (Phi) is 4.18. The molecule has 1 atom stereocenters. The molecular weight excluding hydrogens is 276 g/mol. The van der Waals surface area contributed by atoms with Gasteiger partial charge in [0, 0.05) is 49.7 Å². The van der Waals surface area contributed by atoms with Gasteiger partial charge in [0.2, 0.25) is 0 Å². The van der Waals surface area contributed by atoms with Crippen molar-refractivity contribution >= 4 is 17.3 Å². The minimum absolute atomic E-state index is 0.0608. The van der Waals surface area contributed by atoms with Gasteiger partial charge in [-0.3, -0.25) is 4.90 Å². The maximum atomic E-state index is 11.3. The number of aromatic nitrogens is 1. The Morgan fingerprint density at radius 3 is 2.75 bits per heavy atom. The lowest BCUT2D eigenvalue weighted by Gasteiger charge is -2.22. The van der Waals surface area contributed by atoms with Crippen LogP contribution in [0.4, 0.5) is 0 Å². The quantitative estimate of drug-likeness (QED) is 0.922. The number of carboxylic acids is 1. The van der Waals surface area contributed by atoms with Crippen LogP contribution >= 0.6 is 11.3 Å². The van der Waals surface area contributed by atoms with Crippen LogP contribution in [0, 0.1) is 0 Å². The maximum absolute atomic E-state index is 11.3. The molecule has 2 rings (SSSR count). The molecule has 20 heavy (non-hydrogen) atoms. The number of hydrogen-bond acceptors (Lipinski definition) is 5. The first kappa shape index (κ1) is 15.4.